The van der Waals surface area contributed by atoms with Crippen molar-refractivity contribution in [3.63, 3.8) is 0 Å². The van der Waals surface area contributed by atoms with Gasteiger partial charge in [-0.2, -0.15) is 0 Å². The Bertz CT molecular complexity index is 3510. The van der Waals surface area contributed by atoms with Gasteiger partial charge in [0.05, 0.1) is 56.4 Å². The number of hydrogen-bond acceptors (Lipinski definition) is 5. The van der Waals surface area contributed by atoms with Crippen LogP contribution in [0.2, 0.25) is 0 Å². The molecule has 0 atom stereocenters. The van der Waals surface area contributed by atoms with E-state index in [1.807, 2.05) is 0 Å². The second-order valence-corrected chi connectivity index (χ2v) is 15.0. The molecule has 5 nitrogen and oxygen atoms in total. The standard InChI is InChI=1S/C53H31N5/c1-4-12-35-26-47-39(23-32(35)9-1)17-20-44(54-47)51-30-42(31-52(57-51)45-21-18-40-24-33-10-2-5-13-36(33)27-48(40)55-45)50-29-38-15-7-8-16-43(38)53(58-50)46-22-19-41-25-34-11-3-6-14-37(34)28-49(41)56-46/h1-31H. The molecule has 12 rings (SSSR count). The number of fused-ring (bicyclic) bond motifs is 7. The third-order valence-corrected chi connectivity index (χ3v) is 11.3. The molecule has 0 amide bonds. The Balaban J connectivity index is 1.07. The van der Waals surface area contributed by atoms with Crippen molar-refractivity contribution in [1.29, 1.82) is 0 Å². The fraction of sp³-hybridized carbons (Fsp3) is 0. The maximum absolute atomic E-state index is 5.42. The van der Waals surface area contributed by atoms with Gasteiger partial charge in [0.2, 0.25) is 0 Å². The van der Waals surface area contributed by atoms with Gasteiger partial charge in [-0.05, 0) is 110 Å². The van der Waals surface area contributed by atoms with Crippen molar-refractivity contribution in [1.82, 2.24) is 24.9 Å². The van der Waals surface area contributed by atoms with E-state index in [2.05, 4.69) is 188 Å². The van der Waals surface area contributed by atoms with Gasteiger partial charge in [0.1, 0.15) is 0 Å². The summed E-state index contributed by atoms with van der Waals surface area (Å²) in [7, 11) is 0. The number of benzene rings is 7. The lowest BCUT2D eigenvalue weighted by molar-refractivity contribution is 1.24. The van der Waals surface area contributed by atoms with E-state index in [1.165, 1.54) is 16.2 Å². The topological polar surface area (TPSA) is 64.5 Å². The molecule has 0 unspecified atom stereocenters. The van der Waals surface area contributed by atoms with E-state index >= 15 is 0 Å². The molecule has 5 heteroatoms. The highest BCUT2D eigenvalue weighted by Gasteiger charge is 2.17. The number of pyridine rings is 5. The van der Waals surface area contributed by atoms with E-state index in [4.69, 9.17) is 24.9 Å². The van der Waals surface area contributed by atoms with Crippen LogP contribution >= 0.6 is 0 Å². The SMILES string of the molecule is c1ccc2cc3nc(-c4cc(-c5cc6ccccc6c(-c6ccc7cc8ccccc8cc7n6)n5)cc(-c5ccc6cc7ccccc7cc6n5)n4)ccc3cc2c1. The third-order valence-electron chi connectivity index (χ3n) is 11.3. The van der Waals surface area contributed by atoms with Crippen LogP contribution in [0.25, 0.3) is 121 Å². The minimum absolute atomic E-state index is 0.746. The average molecular weight is 738 g/mol. The summed E-state index contributed by atoms with van der Waals surface area (Å²) < 4.78 is 0. The first-order valence-electron chi connectivity index (χ1n) is 19.5. The molecule has 0 aliphatic rings. The van der Waals surface area contributed by atoms with Crippen LogP contribution in [-0.2, 0) is 0 Å². The number of hydrogen-bond donors (Lipinski definition) is 0. The van der Waals surface area contributed by atoms with Gasteiger partial charge >= 0.3 is 0 Å². The first-order chi connectivity index (χ1) is 28.6. The van der Waals surface area contributed by atoms with Crippen molar-refractivity contribution in [2.24, 2.45) is 0 Å². The molecule has 5 aromatic heterocycles. The Morgan fingerprint density at radius 2 is 0.621 bits per heavy atom. The van der Waals surface area contributed by atoms with Crippen molar-refractivity contribution < 1.29 is 0 Å². The summed E-state index contributed by atoms with van der Waals surface area (Å²) in [4.78, 5) is 26.3. The van der Waals surface area contributed by atoms with Gasteiger partial charge in [-0.15, -0.1) is 0 Å². The Morgan fingerprint density at radius 1 is 0.224 bits per heavy atom. The fourth-order valence-electron chi connectivity index (χ4n) is 8.34. The summed E-state index contributed by atoms with van der Waals surface area (Å²) in [6.45, 7) is 0. The highest BCUT2D eigenvalue weighted by atomic mass is 14.8. The molecule has 0 fully saturated rings. The zero-order valence-electron chi connectivity index (χ0n) is 31.1. The van der Waals surface area contributed by atoms with Gasteiger partial charge in [0.25, 0.3) is 0 Å². The van der Waals surface area contributed by atoms with Crippen molar-refractivity contribution in [3.8, 4) is 45.4 Å². The second-order valence-electron chi connectivity index (χ2n) is 15.0. The minimum atomic E-state index is 0.746. The molecule has 7 aromatic carbocycles. The molecule has 58 heavy (non-hydrogen) atoms. The van der Waals surface area contributed by atoms with Gasteiger partial charge in [0.15, 0.2) is 0 Å². The highest BCUT2D eigenvalue weighted by molar-refractivity contribution is 6.01. The molecular weight excluding hydrogens is 707 g/mol. The van der Waals surface area contributed by atoms with Crippen molar-refractivity contribution in [3.05, 3.63) is 188 Å². The molecule has 0 radical (unpaired) electrons. The van der Waals surface area contributed by atoms with Crippen molar-refractivity contribution in [2.75, 3.05) is 0 Å². The Hall–Kier alpha value is -7.89. The predicted molar refractivity (Wildman–Crippen MR) is 240 cm³/mol. The maximum Gasteiger partial charge on any atom is 0.0972 e. The predicted octanol–water partition coefficient (Wildman–Crippen LogP) is 13.4. The Kier molecular flexibility index (Phi) is 7.16. The molecule has 0 bridgehead atoms. The van der Waals surface area contributed by atoms with Crippen molar-refractivity contribution in [2.45, 2.75) is 0 Å². The number of nitrogens with zero attached hydrogens (tertiary/aromatic N) is 5. The minimum Gasteiger partial charge on any atom is -0.246 e. The van der Waals surface area contributed by atoms with E-state index in [-0.39, 0.29) is 0 Å². The van der Waals surface area contributed by atoms with E-state index in [1.54, 1.807) is 0 Å². The van der Waals surface area contributed by atoms with Crippen LogP contribution in [0.15, 0.2) is 188 Å². The van der Waals surface area contributed by atoms with Gasteiger partial charge in [-0.3, -0.25) is 0 Å². The zero-order chi connectivity index (χ0) is 38.2. The Morgan fingerprint density at radius 3 is 1.10 bits per heavy atom. The highest BCUT2D eigenvalue weighted by Crippen LogP contribution is 2.36. The summed E-state index contributed by atoms with van der Waals surface area (Å²) in [6, 6.07) is 65.7. The van der Waals surface area contributed by atoms with Crippen LogP contribution in [0.4, 0.5) is 0 Å². The zero-order valence-corrected chi connectivity index (χ0v) is 31.1. The first kappa shape index (κ1) is 32.4. The van der Waals surface area contributed by atoms with Crippen molar-refractivity contribution >= 4 is 75.8 Å². The summed E-state index contributed by atoms with van der Waals surface area (Å²) in [6.07, 6.45) is 0. The fourth-order valence-corrected chi connectivity index (χ4v) is 8.34. The quantitative estimate of drug-likeness (QED) is 0.168. The molecule has 0 saturated carbocycles. The van der Waals surface area contributed by atoms with Gasteiger partial charge in [0, 0.05) is 27.1 Å². The molecule has 0 aliphatic heterocycles. The summed E-state index contributed by atoms with van der Waals surface area (Å²) in [5.41, 5.74) is 9.21. The molecule has 0 saturated heterocycles. The van der Waals surface area contributed by atoms with Gasteiger partial charge in [-0.1, -0.05) is 115 Å². The van der Waals surface area contributed by atoms with E-state index in [0.717, 1.165) is 105 Å². The monoisotopic (exact) mass is 737 g/mol. The van der Waals surface area contributed by atoms with Crippen LogP contribution < -0.4 is 0 Å². The smallest absolute Gasteiger partial charge is 0.0972 e. The summed E-state index contributed by atoms with van der Waals surface area (Å²) >= 11 is 0. The van der Waals surface area contributed by atoms with Crippen LogP contribution in [-0.4, -0.2) is 24.9 Å². The molecule has 5 heterocycles. The van der Waals surface area contributed by atoms with Crippen LogP contribution in [0, 0.1) is 0 Å². The number of rotatable bonds is 4. The lowest BCUT2D eigenvalue weighted by Crippen LogP contribution is -1.97. The van der Waals surface area contributed by atoms with E-state index < -0.39 is 0 Å². The second kappa shape index (κ2) is 12.8. The third kappa shape index (κ3) is 5.52. The van der Waals surface area contributed by atoms with Crippen LogP contribution in [0.1, 0.15) is 0 Å². The lowest BCUT2D eigenvalue weighted by atomic mass is 10.0. The molecule has 0 N–H and O–H groups in total. The summed E-state index contributed by atoms with van der Waals surface area (Å²) in [5, 5.41) is 12.4. The molecule has 0 spiro atoms. The molecule has 12 aromatic rings. The van der Waals surface area contributed by atoms with E-state index in [0.29, 0.717) is 0 Å². The Labute approximate surface area is 333 Å². The van der Waals surface area contributed by atoms with Gasteiger partial charge in [-0.25, -0.2) is 24.9 Å². The molecular formula is C53H31N5. The van der Waals surface area contributed by atoms with Crippen LogP contribution in [0.3, 0.4) is 0 Å². The molecule has 0 aliphatic carbocycles. The summed E-state index contributed by atoms with van der Waals surface area (Å²) in [5.74, 6) is 0. The lowest BCUT2D eigenvalue weighted by Gasteiger charge is -2.13. The number of aromatic nitrogens is 5. The largest absolute Gasteiger partial charge is 0.246 e. The average Bonchev–Trinajstić information content (AvgIpc) is 3.28. The van der Waals surface area contributed by atoms with E-state index in [9.17, 15) is 0 Å². The normalized spacial score (nSPS) is 11.8. The van der Waals surface area contributed by atoms with Gasteiger partial charge < -0.3 is 0 Å². The van der Waals surface area contributed by atoms with Crippen LogP contribution in [0.5, 0.6) is 0 Å². The first-order valence-corrected chi connectivity index (χ1v) is 19.5. The maximum atomic E-state index is 5.42. The molecule has 268 valence electrons.